The van der Waals surface area contributed by atoms with Crippen molar-refractivity contribution in [2.24, 2.45) is 0 Å². The van der Waals surface area contributed by atoms with Crippen molar-refractivity contribution in [3.8, 4) is 0 Å². The van der Waals surface area contributed by atoms with Crippen LogP contribution in [0.2, 0.25) is 0 Å². The Morgan fingerprint density at radius 2 is 2.15 bits per heavy atom. The summed E-state index contributed by atoms with van der Waals surface area (Å²) in [5, 5.41) is 3.29. The van der Waals surface area contributed by atoms with Crippen molar-refractivity contribution in [3.63, 3.8) is 0 Å². The van der Waals surface area contributed by atoms with E-state index in [9.17, 15) is 4.79 Å². The molecule has 1 atom stereocenters. The summed E-state index contributed by atoms with van der Waals surface area (Å²) in [5.41, 5.74) is 0. The molecule has 2 saturated heterocycles. The molecule has 0 aromatic carbocycles. The predicted octanol–water partition coefficient (Wildman–Crippen LogP) is 0.579. The number of hydrogen-bond donors (Lipinski definition) is 1. The number of ether oxygens (including phenoxy) is 1. The zero-order valence-electron chi connectivity index (χ0n) is 7.95. The van der Waals surface area contributed by atoms with Crippen molar-refractivity contribution in [2.45, 2.75) is 31.9 Å². The summed E-state index contributed by atoms with van der Waals surface area (Å²) in [6, 6.07) is 0.402. The van der Waals surface area contributed by atoms with Crippen LogP contribution in [0.3, 0.4) is 0 Å². The van der Waals surface area contributed by atoms with E-state index < -0.39 is 0 Å². The predicted molar refractivity (Wildman–Crippen MR) is 48.5 cm³/mol. The molecule has 2 fully saturated rings. The first-order valence-electron chi connectivity index (χ1n) is 4.95. The third-order valence-corrected chi connectivity index (χ3v) is 2.74. The number of amides is 1. The van der Waals surface area contributed by atoms with Gasteiger partial charge in [-0.3, -0.25) is 0 Å². The Labute approximate surface area is 78.2 Å². The van der Waals surface area contributed by atoms with E-state index in [0.29, 0.717) is 6.04 Å². The molecule has 4 heteroatoms. The van der Waals surface area contributed by atoms with E-state index in [1.165, 1.54) is 0 Å². The summed E-state index contributed by atoms with van der Waals surface area (Å²) in [6.45, 7) is 4.74. The van der Waals surface area contributed by atoms with Crippen LogP contribution in [-0.4, -0.2) is 42.8 Å². The number of nitrogens with zero attached hydrogens (tertiary/aromatic N) is 1. The fourth-order valence-corrected chi connectivity index (χ4v) is 2.05. The van der Waals surface area contributed by atoms with E-state index in [1.54, 1.807) is 0 Å². The van der Waals surface area contributed by atoms with E-state index in [1.807, 2.05) is 11.8 Å². The largest absolute Gasteiger partial charge is 0.444 e. The first-order chi connectivity index (χ1) is 6.27. The Morgan fingerprint density at radius 3 is 2.69 bits per heavy atom. The standard InChI is InChI=1S/C9H16N2O2/c1-7-6-11(9(12)13-7)8-2-4-10-5-3-8/h7-8,10H,2-6H2,1H3. The average molecular weight is 184 g/mol. The summed E-state index contributed by atoms with van der Waals surface area (Å²) in [5.74, 6) is 0. The van der Waals surface area contributed by atoms with Crippen molar-refractivity contribution in [2.75, 3.05) is 19.6 Å². The lowest BCUT2D eigenvalue weighted by atomic mass is 10.1. The molecule has 1 N–H and O–H groups in total. The Bertz CT molecular complexity index is 202. The van der Waals surface area contributed by atoms with Crippen LogP contribution in [0.1, 0.15) is 19.8 Å². The van der Waals surface area contributed by atoms with Gasteiger partial charge in [-0.25, -0.2) is 4.79 Å². The van der Waals surface area contributed by atoms with Gasteiger partial charge in [0.1, 0.15) is 6.10 Å². The van der Waals surface area contributed by atoms with Gasteiger partial charge >= 0.3 is 6.09 Å². The van der Waals surface area contributed by atoms with Gasteiger partial charge in [0.25, 0.3) is 0 Å². The zero-order chi connectivity index (χ0) is 9.26. The summed E-state index contributed by atoms with van der Waals surface area (Å²) >= 11 is 0. The molecule has 0 bridgehead atoms. The van der Waals surface area contributed by atoms with Gasteiger partial charge in [-0.05, 0) is 32.9 Å². The maximum Gasteiger partial charge on any atom is 0.410 e. The molecule has 0 aliphatic carbocycles. The highest BCUT2D eigenvalue weighted by molar-refractivity contribution is 5.70. The number of carbonyl (C=O) groups is 1. The van der Waals surface area contributed by atoms with Crippen molar-refractivity contribution in [1.29, 1.82) is 0 Å². The molecular formula is C9H16N2O2. The van der Waals surface area contributed by atoms with Crippen molar-refractivity contribution < 1.29 is 9.53 Å². The van der Waals surface area contributed by atoms with Crippen LogP contribution in [0.4, 0.5) is 4.79 Å². The first kappa shape index (κ1) is 8.81. The highest BCUT2D eigenvalue weighted by Gasteiger charge is 2.34. The second-order valence-electron chi connectivity index (χ2n) is 3.83. The van der Waals surface area contributed by atoms with Gasteiger partial charge in [-0.2, -0.15) is 0 Å². The second-order valence-corrected chi connectivity index (χ2v) is 3.83. The van der Waals surface area contributed by atoms with E-state index in [-0.39, 0.29) is 12.2 Å². The molecule has 13 heavy (non-hydrogen) atoms. The zero-order valence-corrected chi connectivity index (χ0v) is 7.95. The minimum Gasteiger partial charge on any atom is -0.444 e. The maximum absolute atomic E-state index is 11.4. The molecule has 4 nitrogen and oxygen atoms in total. The van der Waals surface area contributed by atoms with Crippen LogP contribution >= 0.6 is 0 Å². The van der Waals surface area contributed by atoms with Gasteiger partial charge in [0, 0.05) is 6.04 Å². The molecule has 0 spiro atoms. The summed E-state index contributed by atoms with van der Waals surface area (Å²) in [6.07, 6.45) is 2.06. The number of nitrogens with one attached hydrogen (secondary N) is 1. The number of cyclic esters (lactones) is 1. The Balaban J connectivity index is 1.95. The Hall–Kier alpha value is -0.770. The minimum absolute atomic E-state index is 0.0717. The summed E-state index contributed by atoms with van der Waals surface area (Å²) < 4.78 is 5.09. The smallest absolute Gasteiger partial charge is 0.410 e. The molecule has 0 saturated carbocycles. The molecule has 2 aliphatic heterocycles. The van der Waals surface area contributed by atoms with Crippen LogP contribution in [0, 0.1) is 0 Å². The lowest BCUT2D eigenvalue weighted by molar-refractivity contribution is 0.128. The van der Waals surface area contributed by atoms with Crippen molar-refractivity contribution in [3.05, 3.63) is 0 Å². The summed E-state index contributed by atoms with van der Waals surface area (Å²) in [4.78, 5) is 13.2. The van der Waals surface area contributed by atoms with Crippen molar-refractivity contribution in [1.82, 2.24) is 10.2 Å². The molecule has 0 radical (unpaired) electrons. The number of rotatable bonds is 1. The van der Waals surface area contributed by atoms with Crippen LogP contribution < -0.4 is 5.32 Å². The Morgan fingerprint density at radius 1 is 1.46 bits per heavy atom. The van der Waals surface area contributed by atoms with Crippen LogP contribution in [0.25, 0.3) is 0 Å². The van der Waals surface area contributed by atoms with E-state index in [0.717, 1.165) is 32.5 Å². The Kier molecular flexibility index (Phi) is 2.40. The van der Waals surface area contributed by atoms with Crippen LogP contribution in [-0.2, 0) is 4.74 Å². The fourth-order valence-electron chi connectivity index (χ4n) is 2.05. The van der Waals surface area contributed by atoms with Crippen LogP contribution in [0.15, 0.2) is 0 Å². The number of piperidine rings is 1. The van der Waals surface area contributed by atoms with E-state index in [4.69, 9.17) is 4.74 Å². The summed E-state index contributed by atoms with van der Waals surface area (Å²) in [7, 11) is 0. The lowest BCUT2D eigenvalue weighted by Gasteiger charge is -2.29. The van der Waals surface area contributed by atoms with Gasteiger partial charge in [0.15, 0.2) is 0 Å². The molecule has 2 heterocycles. The number of carbonyl (C=O) groups excluding carboxylic acids is 1. The molecule has 74 valence electrons. The van der Waals surface area contributed by atoms with Gasteiger partial charge in [-0.15, -0.1) is 0 Å². The monoisotopic (exact) mass is 184 g/mol. The highest BCUT2D eigenvalue weighted by atomic mass is 16.6. The van der Waals surface area contributed by atoms with Crippen LogP contribution in [0.5, 0.6) is 0 Å². The molecule has 0 aromatic heterocycles. The quantitative estimate of drug-likeness (QED) is 0.648. The normalized spacial score (nSPS) is 30.7. The molecule has 1 amide bonds. The van der Waals surface area contributed by atoms with Gasteiger partial charge < -0.3 is 15.0 Å². The molecule has 1 unspecified atom stereocenters. The third kappa shape index (κ3) is 1.77. The third-order valence-electron chi connectivity index (χ3n) is 2.74. The van der Waals surface area contributed by atoms with E-state index in [2.05, 4.69) is 5.32 Å². The molecular weight excluding hydrogens is 168 g/mol. The SMILES string of the molecule is CC1CN(C2CCNCC2)C(=O)O1. The van der Waals surface area contributed by atoms with Gasteiger partial charge in [0.05, 0.1) is 6.54 Å². The topological polar surface area (TPSA) is 41.6 Å². The molecule has 2 rings (SSSR count). The van der Waals surface area contributed by atoms with Gasteiger partial charge in [0.2, 0.25) is 0 Å². The van der Waals surface area contributed by atoms with Gasteiger partial charge in [-0.1, -0.05) is 0 Å². The molecule has 0 aromatic rings. The van der Waals surface area contributed by atoms with E-state index >= 15 is 0 Å². The molecule has 2 aliphatic rings. The fraction of sp³-hybridized carbons (Fsp3) is 0.889. The second kappa shape index (κ2) is 3.54. The lowest BCUT2D eigenvalue weighted by Crippen LogP contribution is -2.43. The first-order valence-corrected chi connectivity index (χ1v) is 4.95. The maximum atomic E-state index is 11.4. The average Bonchev–Trinajstić information content (AvgIpc) is 2.47. The minimum atomic E-state index is -0.126. The number of hydrogen-bond acceptors (Lipinski definition) is 3. The highest BCUT2D eigenvalue weighted by Crippen LogP contribution is 2.19. The van der Waals surface area contributed by atoms with Crippen molar-refractivity contribution >= 4 is 6.09 Å².